The number of aryl methyl sites for hydroxylation is 1. The van der Waals surface area contributed by atoms with E-state index in [1.165, 1.54) is 5.69 Å². The van der Waals surface area contributed by atoms with Gasteiger partial charge >= 0.3 is 0 Å². The largest absolute Gasteiger partial charge is 0.376 e. The summed E-state index contributed by atoms with van der Waals surface area (Å²) in [6.07, 6.45) is 5.16. The Balaban J connectivity index is 1.53. The van der Waals surface area contributed by atoms with Gasteiger partial charge in [-0.05, 0) is 19.8 Å². The van der Waals surface area contributed by atoms with Crippen LogP contribution in [0.2, 0.25) is 0 Å². The van der Waals surface area contributed by atoms with Gasteiger partial charge in [0.15, 0.2) is 0 Å². The SMILES string of the molecule is CC(C(=O)NCC1CCCO1)N1CCc2c(ncn2C)C1. The fraction of sp³-hybridized carbons (Fsp3) is 0.733. The Kier molecular flexibility index (Phi) is 4.26. The van der Waals surface area contributed by atoms with E-state index in [1.54, 1.807) is 0 Å². The second-order valence-electron chi connectivity index (χ2n) is 6.03. The van der Waals surface area contributed by atoms with Crippen molar-refractivity contribution < 1.29 is 9.53 Å². The molecule has 116 valence electrons. The number of amides is 1. The smallest absolute Gasteiger partial charge is 0.237 e. The van der Waals surface area contributed by atoms with Crippen molar-refractivity contribution in [3.8, 4) is 0 Å². The van der Waals surface area contributed by atoms with Crippen LogP contribution in [0.4, 0.5) is 0 Å². The number of imidazole rings is 1. The molecule has 2 aliphatic rings. The third kappa shape index (κ3) is 3.11. The van der Waals surface area contributed by atoms with Crippen molar-refractivity contribution in [1.82, 2.24) is 19.8 Å². The summed E-state index contributed by atoms with van der Waals surface area (Å²) in [5, 5.41) is 3.02. The Morgan fingerprint density at radius 2 is 2.48 bits per heavy atom. The minimum Gasteiger partial charge on any atom is -0.376 e. The van der Waals surface area contributed by atoms with Crippen molar-refractivity contribution >= 4 is 5.91 Å². The number of fused-ring (bicyclic) bond motifs is 1. The molecule has 0 aliphatic carbocycles. The van der Waals surface area contributed by atoms with Gasteiger partial charge in [-0.25, -0.2) is 4.98 Å². The monoisotopic (exact) mass is 292 g/mol. The molecule has 6 nitrogen and oxygen atoms in total. The second-order valence-corrected chi connectivity index (χ2v) is 6.03. The van der Waals surface area contributed by atoms with Crippen LogP contribution in [0.15, 0.2) is 6.33 Å². The zero-order chi connectivity index (χ0) is 14.8. The summed E-state index contributed by atoms with van der Waals surface area (Å²) in [4.78, 5) is 18.9. The molecule has 2 atom stereocenters. The Labute approximate surface area is 125 Å². The van der Waals surface area contributed by atoms with E-state index in [4.69, 9.17) is 4.74 Å². The second kappa shape index (κ2) is 6.15. The Hall–Kier alpha value is -1.40. The van der Waals surface area contributed by atoms with Gasteiger partial charge in [0.2, 0.25) is 5.91 Å². The molecular weight excluding hydrogens is 268 g/mol. The lowest BCUT2D eigenvalue weighted by Gasteiger charge is -2.31. The van der Waals surface area contributed by atoms with Gasteiger partial charge in [-0.15, -0.1) is 0 Å². The number of hydrogen-bond donors (Lipinski definition) is 1. The van der Waals surface area contributed by atoms with E-state index in [-0.39, 0.29) is 18.1 Å². The maximum Gasteiger partial charge on any atom is 0.237 e. The zero-order valence-electron chi connectivity index (χ0n) is 12.8. The number of hydrogen-bond acceptors (Lipinski definition) is 4. The number of rotatable bonds is 4. The van der Waals surface area contributed by atoms with Gasteiger partial charge in [-0.1, -0.05) is 0 Å². The van der Waals surface area contributed by atoms with Gasteiger partial charge in [0, 0.05) is 45.4 Å². The summed E-state index contributed by atoms with van der Waals surface area (Å²) in [6, 6.07) is -0.124. The third-order valence-electron chi connectivity index (χ3n) is 4.59. The standard InChI is InChI=1S/C15H24N4O2/c1-11(15(20)16-8-12-4-3-7-21-12)19-6-5-14-13(9-19)17-10-18(14)2/h10-12H,3-9H2,1-2H3,(H,16,20). The van der Waals surface area contributed by atoms with Crippen LogP contribution in [-0.2, 0) is 29.5 Å². The first kappa shape index (κ1) is 14.5. The van der Waals surface area contributed by atoms with Crippen LogP contribution in [-0.4, -0.2) is 52.2 Å². The Bertz CT molecular complexity index is 508. The quantitative estimate of drug-likeness (QED) is 0.876. The van der Waals surface area contributed by atoms with Crippen molar-refractivity contribution in [3.05, 3.63) is 17.7 Å². The van der Waals surface area contributed by atoms with Crippen molar-refractivity contribution in [2.75, 3.05) is 19.7 Å². The van der Waals surface area contributed by atoms with Gasteiger partial charge in [-0.3, -0.25) is 9.69 Å². The maximum absolute atomic E-state index is 12.3. The molecule has 1 N–H and O–H groups in total. The summed E-state index contributed by atoms with van der Waals surface area (Å²) in [5.41, 5.74) is 2.39. The van der Waals surface area contributed by atoms with Crippen LogP contribution in [0.3, 0.4) is 0 Å². The van der Waals surface area contributed by atoms with Gasteiger partial charge in [-0.2, -0.15) is 0 Å². The summed E-state index contributed by atoms with van der Waals surface area (Å²) in [7, 11) is 2.03. The molecule has 2 unspecified atom stereocenters. The number of carbonyl (C=O) groups is 1. The van der Waals surface area contributed by atoms with Crippen LogP contribution in [0.25, 0.3) is 0 Å². The predicted octanol–water partition coefficient (Wildman–Crippen LogP) is 0.462. The van der Waals surface area contributed by atoms with Crippen LogP contribution in [0.1, 0.15) is 31.2 Å². The molecule has 1 aromatic heterocycles. The molecule has 1 amide bonds. The number of carbonyl (C=O) groups excluding carboxylic acids is 1. The molecule has 0 spiro atoms. The number of nitrogens with one attached hydrogen (secondary N) is 1. The average molecular weight is 292 g/mol. The van der Waals surface area contributed by atoms with Gasteiger partial charge < -0.3 is 14.6 Å². The van der Waals surface area contributed by atoms with Gasteiger partial charge in [0.1, 0.15) is 0 Å². The first-order valence-electron chi connectivity index (χ1n) is 7.77. The average Bonchev–Trinajstić information content (AvgIpc) is 3.14. The molecule has 3 heterocycles. The minimum absolute atomic E-state index is 0.0879. The lowest BCUT2D eigenvalue weighted by molar-refractivity contribution is -0.126. The molecule has 0 aromatic carbocycles. The van der Waals surface area contributed by atoms with Crippen LogP contribution >= 0.6 is 0 Å². The molecule has 2 aliphatic heterocycles. The van der Waals surface area contributed by atoms with Crippen molar-refractivity contribution in [2.24, 2.45) is 7.05 Å². The molecule has 0 saturated carbocycles. The van der Waals surface area contributed by atoms with E-state index in [9.17, 15) is 4.79 Å². The van der Waals surface area contributed by atoms with Crippen LogP contribution < -0.4 is 5.32 Å². The highest BCUT2D eigenvalue weighted by atomic mass is 16.5. The van der Waals surface area contributed by atoms with Crippen molar-refractivity contribution in [1.29, 1.82) is 0 Å². The van der Waals surface area contributed by atoms with E-state index in [2.05, 4.69) is 19.8 Å². The third-order valence-corrected chi connectivity index (χ3v) is 4.59. The molecule has 1 saturated heterocycles. The zero-order valence-corrected chi connectivity index (χ0v) is 12.8. The number of ether oxygens (including phenoxy) is 1. The van der Waals surface area contributed by atoms with Crippen LogP contribution in [0, 0.1) is 0 Å². The van der Waals surface area contributed by atoms with E-state index in [0.717, 1.165) is 44.7 Å². The highest BCUT2D eigenvalue weighted by molar-refractivity contribution is 5.81. The summed E-state index contributed by atoms with van der Waals surface area (Å²) < 4.78 is 7.61. The highest BCUT2D eigenvalue weighted by Crippen LogP contribution is 2.19. The first-order chi connectivity index (χ1) is 10.1. The Morgan fingerprint density at radius 3 is 3.24 bits per heavy atom. The molecule has 0 bridgehead atoms. The van der Waals surface area contributed by atoms with Gasteiger partial charge in [0.05, 0.1) is 24.2 Å². The van der Waals surface area contributed by atoms with Crippen molar-refractivity contribution in [2.45, 2.75) is 44.9 Å². The fourth-order valence-electron chi connectivity index (χ4n) is 3.14. The van der Waals surface area contributed by atoms with Crippen LogP contribution in [0.5, 0.6) is 0 Å². The number of nitrogens with zero attached hydrogens (tertiary/aromatic N) is 3. The van der Waals surface area contributed by atoms with Gasteiger partial charge in [0.25, 0.3) is 0 Å². The topological polar surface area (TPSA) is 59.4 Å². The molecule has 6 heteroatoms. The van der Waals surface area contributed by atoms with Crippen molar-refractivity contribution in [3.63, 3.8) is 0 Å². The first-order valence-corrected chi connectivity index (χ1v) is 7.77. The molecule has 3 rings (SSSR count). The fourth-order valence-corrected chi connectivity index (χ4v) is 3.14. The Morgan fingerprint density at radius 1 is 1.62 bits per heavy atom. The minimum atomic E-state index is -0.124. The lowest BCUT2D eigenvalue weighted by Crippen LogP contribution is -2.48. The highest BCUT2D eigenvalue weighted by Gasteiger charge is 2.27. The molecule has 21 heavy (non-hydrogen) atoms. The van der Waals surface area contributed by atoms with E-state index in [0.29, 0.717) is 6.54 Å². The lowest BCUT2D eigenvalue weighted by atomic mass is 10.1. The molecule has 0 radical (unpaired) electrons. The van der Waals surface area contributed by atoms with E-state index in [1.807, 2.05) is 20.3 Å². The molecule has 1 fully saturated rings. The number of aromatic nitrogens is 2. The predicted molar refractivity (Wildman–Crippen MR) is 78.8 cm³/mol. The summed E-state index contributed by atoms with van der Waals surface area (Å²) in [6.45, 7) is 5.08. The summed E-state index contributed by atoms with van der Waals surface area (Å²) in [5.74, 6) is 0.0879. The summed E-state index contributed by atoms with van der Waals surface area (Å²) >= 11 is 0. The maximum atomic E-state index is 12.3. The molecule has 1 aromatic rings. The van der Waals surface area contributed by atoms with E-state index < -0.39 is 0 Å². The molecular formula is C15H24N4O2. The van der Waals surface area contributed by atoms with E-state index >= 15 is 0 Å². The normalized spacial score (nSPS) is 23.8.